The minimum atomic E-state index is -3.23. The number of anilines is 2. The molecular weight excluding hydrogens is 300 g/mol. The second-order valence-corrected chi connectivity index (χ2v) is 8.42. The zero-order valence-electron chi connectivity index (χ0n) is 13.8. The summed E-state index contributed by atoms with van der Waals surface area (Å²) in [5, 5.41) is 7.79. The van der Waals surface area contributed by atoms with Crippen LogP contribution in [0, 0.1) is 13.8 Å². The van der Waals surface area contributed by atoms with E-state index in [2.05, 4.69) is 36.2 Å². The topological polar surface area (TPSA) is 76.9 Å². The summed E-state index contributed by atoms with van der Waals surface area (Å²) in [5.74, 6) is 0.590. The van der Waals surface area contributed by atoms with E-state index in [1.807, 2.05) is 18.5 Å². The molecule has 2 rings (SSSR count). The van der Waals surface area contributed by atoms with Gasteiger partial charge in [0.05, 0.1) is 27.5 Å². The van der Waals surface area contributed by atoms with E-state index in [9.17, 15) is 8.42 Å². The van der Waals surface area contributed by atoms with Crippen LogP contribution in [0.25, 0.3) is 0 Å². The minimum Gasteiger partial charge on any atom is -0.337 e. The molecule has 1 N–H and O–H groups in total. The Morgan fingerprint density at radius 3 is 2.23 bits per heavy atom. The van der Waals surface area contributed by atoms with Crippen LogP contribution in [0.3, 0.4) is 0 Å². The van der Waals surface area contributed by atoms with E-state index in [0.717, 1.165) is 17.1 Å². The lowest BCUT2D eigenvalue weighted by Crippen LogP contribution is -2.24. The van der Waals surface area contributed by atoms with Gasteiger partial charge in [-0.05, 0) is 46.8 Å². The first-order valence-electron chi connectivity index (χ1n) is 7.00. The molecule has 2 aromatic heterocycles. The van der Waals surface area contributed by atoms with Gasteiger partial charge in [-0.25, -0.2) is 13.4 Å². The van der Waals surface area contributed by atoms with Gasteiger partial charge in [-0.1, -0.05) is 0 Å². The van der Waals surface area contributed by atoms with E-state index in [1.165, 1.54) is 12.5 Å². The van der Waals surface area contributed by atoms with Gasteiger partial charge >= 0.3 is 0 Å². The van der Waals surface area contributed by atoms with Crippen LogP contribution < -0.4 is 5.32 Å². The Morgan fingerprint density at radius 1 is 1.18 bits per heavy atom. The molecule has 0 saturated heterocycles. The van der Waals surface area contributed by atoms with Crippen LogP contribution in [0.15, 0.2) is 23.2 Å². The molecule has 0 atom stereocenters. The molecule has 0 bridgehead atoms. The summed E-state index contributed by atoms with van der Waals surface area (Å²) in [6, 6.07) is 3.20. The van der Waals surface area contributed by atoms with Crippen LogP contribution in [0.1, 0.15) is 32.2 Å². The van der Waals surface area contributed by atoms with E-state index in [-0.39, 0.29) is 10.4 Å². The highest BCUT2D eigenvalue weighted by molar-refractivity contribution is 7.90. The number of hydrogen-bond acceptors (Lipinski definition) is 5. The fourth-order valence-electron chi connectivity index (χ4n) is 2.28. The first kappa shape index (κ1) is 16.5. The molecule has 0 fully saturated rings. The van der Waals surface area contributed by atoms with Crippen molar-refractivity contribution in [2.45, 2.75) is 45.1 Å². The van der Waals surface area contributed by atoms with Gasteiger partial charge in [0, 0.05) is 12.5 Å². The Morgan fingerprint density at radius 2 is 1.82 bits per heavy atom. The zero-order valence-corrected chi connectivity index (χ0v) is 14.6. The summed E-state index contributed by atoms with van der Waals surface area (Å²) < 4.78 is 24.9. The summed E-state index contributed by atoms with van der Waals surface area (Å²) in [5.41, 5.74) is 2.68. The predicted molar refractivity (Wildman–Crippen MR) is 87.3 cm³/mol. The second kappa shape index (κ2) is 5.39. The quantitative estimate of drug-likeness (QED) is 0.940. The normalized spacial score (nSPS) is 12.5. The van der Waals surface area contributed by atoms with Crippen molar-refractivity contribution in [1.82, 2.24) is 14.8 Å². The number of nitrogens with zero attached hydrogens (tertiary/aromatic N) is 3. The van der Waals surface area contributed by atoms with Gasteiger partial charge in [0.25, 0.3) is 0 Å². The third kappa shape index (κ3) is 3.30. The lowest BCUT2D eigenvalue weighted by Gasteiger charge is -2.21. The maximum atomic E-state index is 11.5. The molecule has 0 radical (unpaired) electrons. The van der Waals surface area contributed by atoms with Gasteiger partial charge in [-0.15, -0.1) is 0 Å². The van der Waals surface area contributed by atoms with E-state index < -0.39 is 9.84 Å². The van der Waals surface area contributed by atoms with Gasteiger partial charge < -0.3 is 5.32 Å². The molecule has 0 spiro atoms. The summed E-state index contributed by atoms with van der Waals surface area (Å²) in [6.45, 7) is 10.2. The SMILES string of the molecule is Cc1nn(C(C)(C)C)c(C)c1Nc1ccc(S(C)(=O)=O)cn1. The molecule has 120 valence electrons. The molecule has 2 aromatic rings. The number of sulfone groups is 1. The number of nitrogens with one attached hydrogen (secondary N) is 1. The first-order valence-corrected chi connectivity index (χ1v) is 8.89. The Balaban J connectivity index is 2.34. The molecule has 7 heteroatoms. The van der Waals surface area contributed by atoms with Gasteiger partial charge in [-0.2, -0.15) is 5.10 Å². The molecular formula is C15H22N4O2S. The van der Waals surface area contributed by atoms with Crippen molar-refractivity contribution in [3.8, 4) is 0 Å². The molecule has 0 aliphatic heterocycles. The Kier molecular flexibility index (Phi) is 4.04. The van der Waals surface area contributed by atoms with Crippen molar-refractivity contribution in [3.05, 3.63) is 29.7 Å². The van der Waals surface area contributed by atoms with Crippen molar-refractivity contribution >= 4 is 21.3 Å². The minimum absolute atomic E-state index is 0.109. The van der Waals surface area contributed by atoms with Crippen LogP contribution in [0.5, 0.6) is 0 Å². The number of pyridine rings is 1. The van der Waals surface area contributed by atoms with Gasteiger partial charge in [-0.3, -0.25) is 4.68 Å². The lowest BCUT2D eigenvalue weighted by atomic mass is 10.1. The van der Waals surface area contributed by atoms with E-state index >= 15 is 0 Å². The lowest BCUT2D eigenvalue weighted by molar-refractivity contribution is 0.347. The van der Waals surface area contributed by atoms with E-state index in [1.54, 1.807) is 12.1 Å². The monoisotopic (exact) mass is 322 g/mol. The third-order valence-electron chi connectivity index (χ3n) is 3.34. The first-order chi connectivity index (χ1) is 10.00. The molecule has 0 aliphatic rings. The van der Waals surface area contributed by atoms with Gasteiger partial charge in [0.15, 0.2) is 9.84 Å². The average Bonchev–Trinajstić information content (AvgIpc) is 2.66. The Bertz CT molecular complexity index is 784. The number of rotatable bonds is 3. The van der Waals surface area contributed by atoms with Crippen LogP contribution in [-0.4, -0.2) is 29.4 Å². The Hall–Kier alpha value is -1.89. The second-order valence-electron chi connectivity index (χ2n) is 6.40. The van der Waals surface area contributed by atoms with Crippen molar-refractivity contribution in [3.63, 3.8) is 0 Å². The average molecular weight is 322 g/mol. The van der Waals surface area contributed by atoms with Crippen LogP contribution in [-0.2, 0) is 15.4 Å². The molecule has 22 heavy (non-hydrogen) atoms. The summed E-state index contributed by atoms with van der Waals surface area (Å²) >= 11 is 0. The van der Waals surface area contributed by atoms with Crippen molar-refractivity contribution < 1.29 is 8.42 Å². The highest BCUT2D eigenvalue weighted by atomic mass is 32.2. The molecule has 0 aliphatic carbocycles. The van der Waals surface area contributed by atoms with Crippen molar-refractivity contribution in [1.29, 1.82) is 0 Å². The van der Waals surface area contributed by atoms with Crippen LogP contribution in [0.4, 0.5) is 11.5 Å². The fourth-order valence-corrected chi connectivity index (χ4v) is 2.84. The highest BCUT2D eigenvalue weighted by Crippen LogP contribution is 2.27. The number of aryl methyl sites for hydroxylation is 1. The summed E-state index contributed by atoms with van der Waals surface area (Å²) in [4.78, 5) is 4.37. The van der Waals surface area contributed by atoms with Gasteiger partial charge in [0.2, 0.25) is 0 Å². The molecule has 0 unspecified atom stereocenters. The van der Waals surface area contributed by atoms with Crippen LogP contribution in [0.2, 0.25) is 0 Å². The molecule has 0 saturated carbocycles. The number of aromatic nitrogens is 3. The van der Waals surface area contributed by atoms with Crippen LogP contribution >= 0.6 is 0 Å². The summed E-state index contributed by atoms with van der Waals surface area (Å²) in [6.07, 6.45) is 2.52. The summed E-state index contributed by atoms with van der Waals surface area (Å²) in [7, 11) is -3.23. The standard InChI is InChI=1S/C15H22N4O2S/c1-10-14(11(2)19(18-10)15(3,4)5)17-13-8-7-12(9-16-13)22(6,20)21/h7-9H,1-6H3,(H,16,17). The largest absolute Gasteiger partial charge is 0.337 e. The smallest absolute Gasteiger partial charge is 0.177 e. The zero-order chi connectivity index (χ0) is 16.7. The number of hydrogen-bond donors (Lipinski definition) is 1. The Labute approximate surface area is 131 Å². The third-order valence-corrected chi connectivity index (χ3v) is 4.44. The molecule has 0 aromatic carbocycles. The molecule has 2 heterocycles. The van der Waals surface area contributed by atoms with E-state index in [0.29, 0.717) is 5.82 Å². The van der Waals surface area contributed by atoms with Gasteiger partial charge in [0.1, 0.15) is 5.82 Å². The van der Waals surface area contributed by atoms with Crippen molar-refractivity contribution in [2.75, 3.05) is 11.6 Å². The molecule has 6 nitrogen and oxygen atoms in total. The van der Waals surface area contributed by atoms with E-state index in [4.69, 9.17) is 0 Å². The highest BCUT2D eigenvalue weighted by Gasteiger charge is 2.21. The predicted octanol–water partition coefficient (Wildman–Crippen LogP) is 2.80. The molecule has 0 amide bonds. The maximum Gasteiger partial charge on any atom is 0.177 e. The maximum absolute atomic E-state index is 11.5. The van der Waals surface area contributed by atoms with Crippen molar-refractivity contribution in [2.24, 2.45) is 0 Å². The fraction of sp³-hybridized carbons (Fsp3) is 0.467.